The third kappa shape index (κ3) is 3.50. The molecule has 0 aliphatic rings. The third-order valence-corrected chi connectivity index (χ3v) is 4.87. The van der Waals surface area contributed by atoms with Crippen LogP contribution < -0.4 is 0 Å². The Morgan fingerprint density at radius 3 is 2.72 bits per heavy atom. The summed E-state index contributed by atoms with van der Waals surface area (Å²) >= 11 is 3.55. The molecule has 8 heteroatoms. The van der Waals surface area contributed by atoms with E-state index in [1.54, 1.807) is 30.8 Å². The molecule has 2 heterocycles. The Bertz CT molecular complexity index is 903. The predicted octanol–water partition coefficient (Wildman–Crippen LogP) is 3.47. The van der Waals surface area contributed by atoms with E-state index in [2.05, 4.69) is 31.1 Å². The quantitative estimate of drug-likeness (QED) is 0.702. The molecule has 0 aliphatic heterocycles. The first-order valence-electron chi connectivity index (χ1n) is 8.00. The van der Waals surface area contributed by atoms with Crippen molar-refractivity contribution in [3.05, 3.63) is 51.8 Å². The molecule has 0 spiro atoms. The summed E-state index contributed by atoms with van der Waals surface area (Å²) < 4.78 is 18.1. The van der Waals surface area contributed by atoms with E-state index in [0.29, 0.717) is 29.3 Å². The molecule has 0 fully saturated rings. The van der Waals surface area contributed by atoms with E-state index >= 15 is 0 Å². The predicted molar refractivity (Wildman–Crippen MR) is 95.5 cm³/mol. The highest BCUT2D eigenvalue weighted by Crippen LogP contribution is 2.29. The largest absolute Gasteiger partial charge is 0.389 e. The lowest BCUT2D eigenvalue weighted by Crippen LogP contribution is -2.07. The van der Waals surface area contributed by atoms with Gasteiger partial charge in [0.15, 0.2) is 5.82 Å². The van der Waals surface area contributed by atoms with Crippen LogP contribution in [-0.4, -0.2) is 29.7 Å². The van der Waals surface area contributed by atoms with Gasteiger partial charge < -0.3 is 5.11 Å². The molecule has 2 aromatic heterocycles. The Hall–Kier alpha value is -2.06. The summed E-state index contributed by atoms with van der Waals surface area (Å²) in [5, 5.41) is 18.8. The van der Waals surface area contributed by atoms with Crippen molar-refractivity contribution < 1.29 is 9.50 Å². The van der Waals surface area contributed by atoms with E-state index in [0.717, 1.165) is 16.7 Å². The van der Waals surface area contributed by atoms with Gasteiger partial charge in [-0.1, -0.05) is 0 Å². The van der Waals surface area contributed by atoms with Crippen LogP contribution >= 0.6 is 15.9 Å². The first kappa shape index (κ1) is 17.8. The molecule has 0 bridgehead atoms. The van der Waals surface area contributed by atoms with E-state index in [-0.39, 0.29) is 0 Å². The van der Waals surface area contributed by atoms with Gasteiger partial charge in [-0.2, -0.15) is 10.2 Å². The van der Waals surface area contributed by atoms with Crippen LogP contribution in [0.15, 0.2) is 29.0 Å². The van der Waals surface area contributed by atoms with Gasteiger partial charge >= 0.3 is 0 Å². The van der Waals surface area contributed by atoms with Crippen molar-refractivity contribution in [2.24, 2.45) is 0 Å². The molecule has 1 N–H and O–H groups in total. The maximum Gasteiger partial charge on any atom is 0.159 e. The Balaban J connectivity index is 2.06. The van der Waals surface area contributed by atoms with Crippen molar-refractivity contribution in [2.45, 2.75) is 40.0 Å². The van der Waals surface area contributed by atoms with Crippen LogP contribution in [-0.2, 0) is 13.1 Å². The van der Waals surface area contributed by atoms with Gasteiger partial charge in [0, 0.05) is 17.7 Å². The summed E-state index contributed by atoms with van der Waals surface area (Å²) in [7, 11) is 0. The highest BCUT2D eigenvalue weighted by atomic mass is 79.9. The molecule has 6 nitrogen and oxygen atoms in total. The molecule has 3 rings (SSSR count). The minimum Gasteiger partial charge on any atom is -0.389 e. The molecule has 0 saturated heterocycles. The van der Waals surface area contributed by atoms with Gasteiger partial charge in [-0.15, -0.1) is 0 Å². The number of aliphatic hydroxyl groups is 1. The minimum atomic E-state index is -0.814. The van der Waals surface area contributed by atoms with Gasteiger partial charge in [-0.3, -0.25) is 4.68 Å². The van der Waals surface area contributed by atoms with Crippen molar-refractivity contribution >= 4 is 15.9 Å². The van der Waals surface area contributed by atoms with Crippen LogP contribution in [0.4, 0.5) is 4.39 Å². The average molecular weight is 408 g/mol. The summed E-state index contributed by atoms with van der Waals surface area (Å²) in [5.41, 5.74) is 2.11. The lowest BCUT2D eigenvalue weighted by atomic mass is 10.0. The van der Waals surface area contributed by atoms with Gasteiger partial charge in [-0.25, -0.2) is 14.1 Å². The molecule has 25 heavy (non-hydrogen) atoms. The van der Waals surface area contributed by atoms with Gasteiger partial charge in [0.2, 0.25) is 0 Å². The molecule has 1 unspecified atom stereocenters. The lowest BCUT2D eigenvalue weighted by molar-refractivity contribution is 0.199. The number of aromatic nitrogens is 5. The number of hydrogen-bond donors (Lipinski definition) is 1. The zero-order chi connectivity index (χ0) is 18.1. The number of nitrogens with zero attached hydrogens (tertiary/aromatic N) is 5. The fourth-order valence-electron chi connectivity index (χ4n) is 2.74. The monoisotopic (exact) mass is 407 g/mol. The highest BCUT2D eigenvalue weighted by Gasteiger charge is 2.19. The topological polar surface area (TPSA) is 68.8 Å². The van der Waals surface area contributed by atoms with Crippen LogP contribution in [0.2, 0.25) is 0 Å². The summed E-state index contributed by atoms with van der Waals surface area (Å²) in [4.78, 5) is 4.48. The van der Waals surface area contributed by atoms with Gasteiger partial charge in [0.25, 0.3) is 0 Å². The van der Waals surface area contributed by atoms with Crippen LogP contribution in [0.1, 0.15) is 36.9 Å². The third-order valence-electron chi connectivity index (χ3n) is 3.95. The zero-order valence-corrected chi connectivity index (χ0v) is 15.8. The maximum absolute atomic E-state index is 13.6. The molecule has 0 radical (unpaired) electrons. The normalized spacial score (nSPS) is 12.6. The Labute approximate surface area is 153 Å². The van der Waals surface area contributed by atoms with E-state index in [1.165, 1.54) is 12.1 Å². The molecule has 1 atom stereocenters. The molecule has 1 aromatic carbocycles. The molecule has 132 valence electrons. The van der Waals surface area contributed by atoms with Crippen molar-refractivity contribution in [2.75, 3.05) is 0 Å². The Kier molecular flexibility index (Phi) is 5.01. The second-order valence-corrected chi connectivity index (χ2v) is 6.58. The van der Waals surface area contributed by atoms with E-state index < -0.39 is 11.9 Å². The minimum absolute atomic E-state index is 0.394. The summed E-state index contributed by atoms with van der Waals surface area (Å²) in [5.74, 6) is 0.800. The molecular formula is C17H19BrFN5O. The van der Waals surface area contributed by atoms with E-state index in [1.807, 2.05) is 11.6 Å². The van der Waals surface area contributed by atoms with Crippen molar-refractivity contribution in [3.8, 4) is 11.4 Å². The SMILES string of the molecule is CCn1ncc(Cn2nc(C)nc2-c2ccc(F)cc2C(C)O)c1Br. The van der Waals surface area contributed by atoms with E-state index in [4.69, 9.17) is 0 Å². The summed E-state index contributed by atoms with van der Waals surface area (Å²) in [6.07, 6.45) is 0.972. The molecule has 0 saturated carbocycles. The first-order valence-corrected chi connectivity index (χ1v) is 8.79. The van der Waals surface area contributed by atoms with Crippen LogP contribution in [0.25, 0.3) is 11.4 Å². The average Bonchev–Trinajstić information content (AvgIpc) is 3.10. The second-order valence-electron chi connectivity index (χ2n) is 5.82. The molecule has 3 aromatic rings. The van der Waals surface area contributed by atoms with Gasteiger partial charge in [0.05, 0.1) is 18.8 Å². The van der Waals surface area contributed by atoms with Crippen LogP contribution in [0, 0.1) is 12.7 Å². The van der Waals surface area contributed by atoms with Crippen molar-refractivity contribution in [1.29, 1.82) is 0 Å². The summed E-state index contributed by atoms with van der Waals surface area (Å²) in [6.45, 7) is 6.64. The second kappa shape index (κ2) is 7.05. The molecule has 0 amide bonds. The molecular weight excluding hydrogens is 389 g/mol. The standard InChI is InChI=1S/C17H19BrFN5O/c1-4-23-16(18)12(8-20-23)9-24-17(21-11(3)22-24)14-6-5-13(19)7-15(14)10(2)25/h5-8,10,25H,4,9H2,1-3H3. The van der Waals surface area contributed by atoms with Crippen molar-refractivity contribution in [1.82, 2.24) is 24.5 Å². The number of aliphatic hydroxyl groups excluding tert-OH is 1. The maximum atomic E-state index is 13.6. The fourth-order valence-corrected chi connectivity index (χ4v) is 3.31. The number of rotatable bonds is 5. The van der Waals surface area contributed by atoms with Gasteiger partial charge in [0.1, 0.15) is 16.2 Å². The zero-order valence-electron chi connectivity index (χ0n) is 14.2. The number of benzene rings is 1. The number of hydrogen-bond acceptors (Lipinski definition) is 4. The Morgan fingerprint density at radius 2 is 2.08 bits per heavy atom. The highest BCUT2D eigenvalue weighted by molar-refractivity contribution is 9.10. The van der Waals surface area contributed by atoms with Gasteiger partial charge in [-0.05, 0) is 60.5 Å². The smallest absolute Gasteiger partial charge is 0.159 e. The first-order chi connectivity index (χ1) is 11.9. The molecule has 0 aliphatic carbocycles. The number of halogens is 2. The van der Waals surface area contributed by atoms with E-state index in [9.17, 15) is 9.50 Å². The summed E-state index contributed by atoms with van der Waals surface area (Å²) in [6, 6.07) is 4.32. The van der Waals surface area contributed by atoms with Crippen molar-refractivity contribution in [3.63, 3.8) is 0 Å². The van der Waals surface area contributed by atoms with Crippen LogP contribution in [0.5, 0.6) is 0 Å². The number of aryl methyl sites for hydroxylation is 2. The van der Waals surface area contributed by atoms with Crippen LogP contribution in [0.3, 0.4) is 0 Å². The lowest BCUT2D eigenvalue weighted by Gasteiger charge is -2.13. The fraction of sp³-hybridized carbons (Fsp3) is 0.353. The Morgan fingerprint density at radius 1 is 1.32 bits per heavy atom.